The number of methoxy groups -OCH3 is 1. The van der Waals surface area contributed by atoms with Crippen LogP contribution in [-0.2, 0) is 21.5 Å². The van der Waals surface area contributed by atoms with Crippen LogP contribution in [0.5, 0.6) is 5.75 Å². The number of hydrogen-bond donors (Lipinski definition) is 3. The molecule has 0 aliphatic carbocycles. The molecule has 1 spiro atoms. The van der Waals surface area contributed by atoms with E-state index in [1.54, 1.807) is 24.3 Å². The summed E-state index contributed by atoms with van der Waals surface area (Å²) in [7, 11) is -2.76. The van der Waals surface area contributed by atoms with E-state index in [9.17, 15) is 27.2 Å². The summed E-state index contributed by atoms with van der Waals surface area (Å²) in [5.74, 6) is -2.74. The predicted octanol–water partition coefficient (Wildman–Crippen LogP) is 6.23. The number of benzene rings is 3. The van der Waals surface area contributed by atoms with Gasteiger partial charge in [-0.25, -0.2) is 18.2 Å². The van der Waals surface area contributed by atoms with Crippen LogP contribution in [0.3, 0.4) is 0 Å². The molecular formula is C50H52F3N9O6S. The van der Waals surface area contributed by atoms with Crippen LogP contribution >= 0.6 is 0 Å². The number of carbonyl (C=O) groups is 3. The molecule has 6 aliphatic heterocycles. The SMILES string of the molecule is C=C1CCC(N2Cc3cc(N4CCC(CN5CC6(C5)CN(c5ccc(-c7cnc8[nH]cc(C(=O)c9c(F)ccc(NS(=O)(=O)N%10CC[C@@H](F)C%10)c9F)c8c7)cc5)C6)CC4)cc(OC)c3C2=O)C(=O)N1. The summed E-state index contributed by atoms with van der Waals surface area (Å²) in [6, 6.07) is 15.1. The largest absolute Gasteiger partial charge is 0.496 e. The number of carbonyl (C=O) groups excluding carboxylic acids is 3. The molecule has 3 aromatic carbocycles. The van der Waals surface area contributed by atoms with Gasteiger partial charge in [0.2, 0.25) is 11.7 Å². The fourth-order valence-corrected chi connectivity index (χ4v) is 12.6. The van der Waals surface area contributed by atoms with Gasteiger partial charge >= 0.3 is 10.2 Å². The number of pyridine rings is 1. The molecule has 5 saturated heterocycles. The molecule has 6 aliphatic rings. The van der Waals surface area contributed by atoms with E-state index < -0.39 is 51.1 Å². The minimum absolute atomic E-state index is 0.00599. The Kier molecular flexibility index (Phi) is 11.2. The number of allylic oxidation sites excluding steroid dienone is 1. The van der Waals surface area contributed by atoms with Crippen LogP contribution in [0.15, 0.2) is 79.3 Å². The molecule has 360 valence electrons. The van der Waals surface area contributed by atoms with Crippen LogP contribution < -0.4 is 24.6 Å². The number of fused-ring (bicyclic) bond motifs is 2. The van der Waals surface area contributed by atoms with Crippen molar-refractivity contribution in [2.24, 2.45) is 11.3 Å². The molecule has 5 fully saturated rings. The molecule has 2 aromatic heterocycles. The molecule has 11 rings (SSSR count). The summed E-state index contributed by atoms with van der Waals surface area (Å²) < 4.78 is 78.9. The molecule has 2 amide bonds. The van der Waals surface area contributed by atoms with Crippen molar-refractivity contribution in [1.29, 1.82) is 0 Å². The first-order chi connectivity index (χ1) is 33.2. The van der Waals surface area contributed by atoms with Gasteiger partial charge in [-0.05, 0) is 85.5 Å². The molecule has 8 heterocycles. The number of aromatic nitrogens is 2. The lowest BCUT2D eigenvalue weighted by Gasteiger charge is -2.61. The van der Waals surface area contributed by atoms with Gasteiger partial charge in [0.25, 0.3) is 5.91 Å². The average molecular weight is 964 g/mol. The van der Waals surface area contributed by atoms with Crippen molar-refractivity contribution in [3.05, 3.63) is 113 Å². The van der Waals surface area contributed by atoms with Gasteiger partial charge in [0.15, 0.2) is 5.82 Å². The number of anilines is 3. The number of H-pyrrole nitrogens is 1. The number of hydrogen-bond acceptors (Lipinski definition) is 10. The van der Waals surface area contributed by atoms with E-state index in [-0.39, 0.29) is 42.3 Å². The first-order valence-corrected chi connectivity index (χ1v) is 24.8. The second-order valence-electron chi connectivity index (χ2n) is 19.6. The first kappa shape index (κ1) is 45.0. The number of ether oxygens (including phenoxy) is 1. The first-order valence-electron chi connectivity index (χ1n) is 23.4. The zero-order chi connectivity index (χ0) is 47.9. The standard InChI is InChI=1S/C50H52F3N9O6S/c1-29-3-10-41(48(64)56-29)62-23-33-17-36(19-42(68-2)43(33)49(62)65)59-14-11-30(12-15-59)22-58-25-50(26-58)27-60(28-50)35-6-4-31(5-7-35)32-18-37-38(21-55-47(37)54-20-32)46(63)44-39(52)8-9-40(45(44)53)57-69(66,67)61-16-13-34(51)24-61/h4-9,17-21,30,34,41,57H,1,3,10-16,22-28H2,2H3,(H,54,55)(H,56,64)/t34-,41?/m1/s1. The Hall–Kier alpha value is -6.44. The molecule has 3 N–H and O–H groups in total. The van der Waals surface area contributed by atoms with Crippen LogP contribution in [0.4, 0.5) is 30.2 Å². The van der Waals surface area contributed by atoms with Crippen molar-refractivity contribution >= 4 is 55.9 Å². The van der Waals surface area contributed by atoms with Gasteiger partial charge < -0.3 is 34.6 Å². The molecule has 2 atom stereocenters. The number of halogens is 3. The minimum Gasteiger partial charge on any atom is -0.496 e. The maximum absolute atomic E-state index is 15.8. The number of aromatic amines is 1. The lowest BCUT2D eigenvalue weighted by molar-refractivity contribution is -0.126. The third kappa shape index (κ3) is 8.16. The van der Waals surface area contributed by atoms with Gasteiger partial charge in [-0.15, -0.1) is 0 Å². The fourth-order valence-electron chi connectivity index (χ4n) is 11.3. The highest BCUT2D eigenvalue weighted by atomic mass is 32.2. The highest BCUT2D eigenvalue weighted by Crippen LogP contribution is 2.44. The number of nitrogens with one attached hydrogen (secondary N) is 3. The molecule has 19 heteroatoms. The zero-order valence-electron chi connectivity index (χ0n) is 38.1. The average Bonchev–Trinajstić information content (AvgIpc) is 4.04. The second-order valence-corrected chi connectivity index (χ2v) is 21.2. The van der Waals surface area contributed by atoms with Gasteiger partial charge in [0.1, 0.15) is 29.4 Å². The summed E-state index contributed by atoms with van der Waals surface area (Å²) in [5.41, 5.74) is 4.83. The number of ketones is 1. The van der Waals surface area contributed by atoms with Crippen molar-refractivity contribution in [3.8, 4) is 16.9 Å². The highest BCUT2D eigenvalue weighted by Gasteiger charge is 2.52. The van der Waals surface area contributed by atoms with Crippen molar-refractivity contribution in [1.82, 2.24) is 29.4 Å². The number of piperidine rings is 2. The van der Waals surface area contributed by atoms with E-state index in [0.29, 0.717) is 58.9 Å². The van der Waals surface area contributed by atoms with E-state index in [0.717, 1.165) is 97.6 Å². The van der Waals surface area contributed by atoms with Gasteiger partial charge in [-0.2, -0.15) is 12.7 Å². The van der Waals surface area contributed by atoms with Crippen LogP contribution in [-0.4, -0.2) is 128 Å². The van der Waals surface area contributed by atoms with Gasteiger partial charge in [-0.3, -0.25) is 19.1 Å². The van der Waals surface area contributed by atoms with E-state index >= 15 is 8.78 Å². The summed E-state index contributed by atoms with van der Waals surface area (Å²) in [4.78, 5) is 56.4. The molecule has 0 radical (unpaired) electrons. The van der Waals surface area contributed by atoms with E-state index in [1.165, 1.54) is 6.20 Å². The number of amides is 2. The Bertz CT molecular complexity index is 3040. The molecule has 5 aromatic rings. The quantitative estimate of drug-likeness (QED) is 0.122. The lowest BCUT2D eigenvalue weighted by atomic mass is 9.72. The van der Waals surface area contributed by atoms with E-state index in [4.69, 9.17) is 4.74 Å². The highest BCUT2D eigenvalue weighted by molar-refractivity contribution is 7.90. The Balaban J connectivity index is 0.677. The normalized spacial score (nSPS) is 22.0. The van der Waals surface area contributed by atoms with Crippen LogP contribution in [0, 0.1) is 23.0 Å². The third-order valence-corrected chi connectivity index (χ3v) is 16.4. The van der Waals surface area contributed by atoms with E-state index in [1.807, 2.05) is 22.9 Å². The number of nitrogens with zero attached hydrogens (tertiary/aromatic N) is 6. The maximum Gasteiger partial charge on any atom is 0.301 e. The smallest absolute Gasteiger partial charge is 0.301 e. The predicted molar refractivity (Wildman–Crippen MR) is 254 cm³/mol. The van der Waals surface area contributed by atoms with Crippen LogP contribution in [0.2, 0.25) is 0 Å². The molecule has 0 bridgehead atoms. The van der Waals surface area contributed by atoms with E-state index in [2.05, 4.69) is 54.8 Å². The molecule has 69 heavy (non-hydrogen) atoms. The van der Waals surface area contributed by atoms with Crippen LogP contribution in [0.1, 0.15) is 63.9 Å². The summed E-state index contributed by atoms with van der Waals surface area (Å²) in [6.45, 7) is 10.8. The fraction of sp³-hybridized carbons (Fsp3) is 0.400. The van der Waals surface area contributed by atoms with Crippen molar-refractivity contribution in [3.63, 3.8) is 0 Å². The molecular weight excluding hydrogens is 912 g/mol. The van der Waals surface area contributed by atoms with Gasteiger partial charge in [-0.1, -0.05) is 18.7 Å². The molecule has 0 saturated carbocycles. The van der Waals surface area contributed by atoms with Gasteiger partial charge in [0.05, 0.1) is 23.9 Å². The summed E-state index contributed by atoms with van der Waals surface area (Å²) in [6.07, 6.45) is 4.99. The summed E-state index contributed by atoms with van der Waals surface area (Å²) >= 11 is 0. The number of likely N-dealkylation sites (tertiary alicyclic amines) is 1. The minimum atomic E-state index is -4.35. The Morgan fingerprint density at radius 3 is 2.42 bits per heavy atom. The lowest BCUT2D eigenvalue weighted by Crippen LogP contribution is -2.72. The number of alkyl halides is 1. The Labute approximate surface area is 397 Å². The zero-order valence-corrected chi connectivity index (χ0v) is 38.9. The monoisotopic (exact) mass is 963 g/mol. The van der Waals surface area contributed by atoms with Crippen molar-refractivity contribution in [2.45, 2.75) is 50.9 Å². The Morgan fingerprint density at radius 1 is 0.942 bits per heavy atom. The summed E-state index contributed by atoms with van der Waals surface area (Å²) in [5, 5.41) is 3.15. The van der Waals surface area contributed by atoms with Crippen molar-refractivity contribution in [2.75, 3.05) is 80.5 Å². The molecule has 15 nitrogen and oxygen atoms in total. The third-order valence-electron chi connectivity index (χ3n) is 14.9. The second kappa shape index (κ2) is 17.2. The van der Waals surface area contributed by atoms with Gasteiger partial charge in [0, 0.05) is 123 Å². The number of rotatable bonds is 12. The maximum atomic E-state index is 15.8. The Morgan fingerprint density at radius 2 is 1.71 bits per heavy atom. The molecule has 1 unspecified atom stereocenters. The van der Waals surface area contributed by atoms with Crippen molar-refractivity contribution < 1.29 is 40.7 Å². The topological polar surface area (TPSA) is 164 Å². The van der Waals surface area contributed by atoms with Crippen LogP contribution in [0.25, 0.3) is 22.2 Å².